The minimum Gasteiger partial charge on any atom is -0.480 e. The molecule has 176 valence electrons. The number of benzene rings is 2. The molecule has 1 fully saturated rings. The molecular weight excluding hydrogens is 443 g/mol. The molecule has 0 spiro atoms. The molecule has 33 heavy (non-hydrogen) atoms. The summed E-state index contributed by atoms with van der Waals surface area (Å²) in [5.41, 5.74) is 1.60. The van der Waals surface area contributed by atoms with Gasteiger partial charge >= 0.3 is 12.6 Å². The van der Waals surface area contributed by atoms with E-state index < -0.39 is 48.9 Å². The zero-order chi connectivity index (χ0) is 24.1. The molecular formula is C22H22F3N3O5. The van der Waals surface area contributed by atoms with Gasteiger partial charge in [-0.2, -0.15) is 8.78 Å². The van der Waals surface area contributed by atoms with Gasteiger partial charge in [0.15, 0.2) is 0 Å². The van der Waals surface area contributed by atoms with Crippen molar-refractivity contribution in [3.8, 4) is 0 Å². The molecule has 1 heterocycles. The number of nitrogens with one attached hydrogen (secondary N) is 2. The number of likely N-dealkylation sites (tertiary alicyclic amines) is 1. The second-order valence-corrected chi connectivity index (χ2v) is 7.53. The van der Waals surface area contributed by atoms with Gasteiger partial charge in [-0.1, -0.05) is 12.1 Å². The van der Waals surface area contributed by atoms with Crippen LogP contribution in [0.25, 0.3) is 0 Å². The average molecular weight is 465 g/mol. The Labute approximate surface area is 187 Å². The second kappa shape index (κ2) is 10.3. The molecule has 1 aliphatic heterocycles. The topological polar surface area (TPSA) is 108 Å². The second-order valence-electron chi connectivity index (χ2n) is 7.53. The van der Waals surface area contributed by atoms with Gasteiger partial charge in [-0.05, 0) is 42.8 Å². The van der Waals surface area contributed by atoms with E-state index in [2.05, 4.69) is 15.4 Å². The van der Waals surface area contributed by atoms with Crippen LogP contribution in [0.2, 0.25) is 0 Å². The minimum atomic E-state index is -3.09. The number of carbonyl (C=O) groups excluding carboxylic acids is 2. The van der Waals surface area contributed by atoms with Crippen LogP contribution in [0.3, 0.4) is 0 Å². The molecule has 0 saturated carbocycles. The third-order valence-electron chi connectivity index (χ3n) is 5.09. The fraction of sp³-hybridized carbons (Fsp3) is 0.318. The van der Waals surface area contributed by atoms with Crippen molar-refractivity contribution in [1.82, 2.24) is 10.2 Å². The van der Waals surface area contributed by atoms with Crippen molar-refractivity contribution in [3.05, 3.63) is 59.4 Å². The molecule has 2 aromatic carbocycles. The van der Waals surface area contributed by atoms with Crippen molar-refractivity contribution in [2.75, 3.05) is 18.4 Å². The van der Waals surface area contributed by atoms with Crippen LogP contribution < -0.4 is 10.6 Å². The van der Waals surface area contributed by atoms with Crippen LogP contribution >= 0.6 is 0 Å². The number of carboxylic acids is 1. The van der Waals surface area contributed by atoms with Gasteiger partial charge in [0.05, 0.1) is 18.3 Å². The molecule has 2 aromatic rings. The van der Waals surface area contributed by atoms with Crippen molar-refractivity contribution in [1.29, 1.82) is 0 Å². The molecule has 0 bridgehead atoms. The Hall–Kier alpha value is -3.60. The smallest absolute Gasteiger partial charge is 0.345 e. The lowest BCUT2D eigenvalue weighted by atomic mass is 10.1. The Kier molecular flexibility index (Phi) is 7.54. The van der Waals surface area contributed by atoms with Crippen molar-refractivity contribution in [3.63, 3.8) is 0 Å². The van der Waals surface area contributed by atoms with Crippen LogP contribution in [-0.2, 0) is 14.3 Å². The third-order valence-corrected chi connectivity index (χ3v) is 5.09. The summed E-state index contributed by atoms with van der Waals surface area (Å²) in [6.45, 7) is -2.19. The molecule has 2 amide bonds. The summed E-state index contributed by atoms with van der Waals surface area (Å²) in [6, 6.07) is 9.48. The first-order valence-electron chi connectivity index (χ1n) is 10.0. The molecule has 8 nitrogen and oxygen atoms in total. The molecule has 0 aliphatic carbocycles. The number of halogens is 3. The summed E-state index contributed by atoms with van der Waals surface area (Å²) < 4.78 is 43.3. The van der Waals surface area contributed by atoms with E-state index in [9.17, 15) is 32.7 Å². The number of rotatable bonds is 8. The third kappa shape index (κ3) is 6.22. The molecule has 1 saturated heterocycles. The Morgan fingerprint density at radius 3 is 2.64 bits per heavy atom. The zero-order valence-electron chi connectivity index (χ0n) is 17.6. The lowest BCUT2D eigenvalue weighted by Gasteiger charge is -2.21. The Balaban J connectivity index is 1.61. The number of aryl methyl sites for hydroxylation is 1. The average Bonchev–Trinajstić information content (AvgIpc) is 3.17. The van der Waals surface area contributed by atoms with E-state index in [0.29, 0.717) is 5.69 Å². The first kappa shape index (κ1) is 24.1. The van der Waals surface area contributed by atoms with Crippen LogP contribution in [0.4, 0.5) is 24.5 Å². The van der Waals surface area contributed by atoms with Crippen LogP contribution in [0, 0.1) is 12.7 Å². The van der Waals surface area contributed by atoms with Crippen LogP contribution in [0.1, 0.15) is 22.3 Å². The van der Waals surface area contributed by atoms with E-state index in [1.165, 1.54) is 18.2 Å². The molecule has 0 aromatic heterocycles. The molecule has 0 radical (unpaired) electrons. The number of carboxylic acid groups (broad SMARTS) is 1. The highest BCUT2D eigenvalue weighted by Gasteiger charge is 2.41. The number of hydrogen-bond acceptors (Lipinski definition) is 5. The summed E-state index contributed by atoms with van der Waals surface area (Å²) in [5.74, 6) is -3.17. The van der Waals surface area contributed by atoms with Gasteiger partial charge in [0.1, 0.15) is 11.9 Å². The minimum absolute atomic E-state index is 0.176. The summed E-state index contributed by atoms with van der Waals surface area (Å²) in [5, 5.41) is 14.5. The first-order valence-corrected chi connectivity index (χ1v) is 10.0. The molecule has 1 aliphatic rings. The van der Waals surface area contributed by atoms with Crippen molar-refractivity contribution in [2.24, 2.45) is 0 Å². The van der Waals surface area contributed by atoms with E-state index in [0.717, 1.165) is 10.5 Å². The van der Waals surface area contributed by atoms with E-state index in [1.54, 1.807) is 31.2 Å². The fourth-order valence-electron chi connectivity index (χ4n) is 3.53. The van der Waals surface area contributed by atoms with Gasteiger partial charge in [0.2, 0.25) is 5.91 Å². The Morgan fingerprint density at radius 2 is 1.97 bits per heavy atom. The Bertz CT molecular complexity index is 1050. The van der Waals surface area contributed by atoms with Crippen molar-refractivity contribution >= 4 is 29.2 Å². The number of amides is 2. The summed E-state index contributed by atoms with van der Waals surface area (Å²) in [7, 11) is 0. The number of carbonyl (C=O) groups is 3. The van der Waals surface area contributed by atoms with Crippen LogP contribution in [0.5, 0.6) is 0 Å². The predicted octanol–water partition coefficient (Wildman–Crippen LogP) is 2.90. The van der Waals surface area contributed by atoms with E-state index in [1.807, 2.05) is 0 Å². The van der Waals surface area contributed by atoms with E-state index in [-0.39, 0.29) is 24.2 Å². The Morgan fingerprint density at radius 1 is 1.21 bits per heavy atom. The van der Waals surface area contributed by atoms with Gasteiger partial charge < -0.3 is 25.4 Å². The van der Waals surface area contributed by atoms with Gasteiger partial charge in [0, 0.05) is 24.2 Å². The summed E-state index contributed by atoms with van der Waals surface area (Å²) in [6.07, 6.45) is -1.39. The highest BCUT2D eigenvalue weighted by molar-refractivity contribution is 5.97. The van der Waals surface area contributed by atoms with Gasteiger partial charge in [-0.15, -0.1) is 0 Å². The van der Waals surface area contributed by atoms with Crippen molar-refractivity contribution < 1.29 is 37.4 Å². The van der Waals surface area contributed by atoms with E-state index in [4.69, 9.17) is 0 Å². The number of alkyl halides is 2. The number of ether oxygens (including phenoxy) is 1. The standard InChI is InChI=1S/C22H22F3N3O5/c1-12-5-6-17(16(23)7-12)27-14-4-2-3-13(8-14)20(30)26-10-19(29)28-11-15(33-22(24)25)9-18(28)21(31)32/h2-8,15,18,22,27H,9-11H2,1H3,(H,26,30)(H,31,32)/t15-,18+/m1/s1. The first-order chi connectivity index (χ1) is 15.6. The molecule has 3 rings (SSSR count). The monoisotopic (exact) mass is 465 g/mol. The normalized spacial score (nSPS) is 17.8. The maximum Gasteiger partial charge on any atom is 0.345 e. The highest BCUT2D eigenvalue weighted by Crippen LogP contribution is 2.23. The largest absolute Gasteiger partial charge is 0.480 e. The van der Waals surface area contributed by atoms with Crippen LogP contribution in [0.15, 0.2) is 42.5 Å². The number of anilines is 2. The molecule has 11 heteroatoms. The lowest BCUT2D eigenvalue weighted by molar-refractivity contribution is -0.160. The number of hydrogen-bond donors (Lipinski definition) is 3. The molecule has 3 N–H and O–H groups in total. The van der Waals surface area contributed by atoms with Gasteiger partial charge in [-0.25, -0.2) is 9.18 Å². The maximum atomic E-state index is 14.1. The molecule has 0 unspecified atom stereocenters. The predicted molar refractivity (Wildman–Crippen MR) is 112 cm³/mol. The summed E-state index contributed by atoms with van der Waals surface area (Å²) >= 11 is 0. The number of aliphatic carboxylic acids is 1. The van der Waals surface area contributed by atoms with Crippen LogP contribution in [-0.4, -0.2) is 59.6 Å². The fourth-order valence-corrected chi connectivity index (χ4v) is 3.53. The zero-order valence-corrected chi connectivity index (χ0v) is 17.6. The van der Waals surface area contributed by atoms with Crippen molar-refractivity contribution in [2.45, 2.75) is 32.1 Å². The summed E-state index contributed by atoms with van der Waals surface area (Å²) in [4.78, 5) is 37.2. The van der Waals surface area contributed by atoms with Gasteiger partial charge in [0.25, 0.3) is 5.91 Å². The van der Waals surface area contributed by atoms with E-state index >= 15 is 0 Å². The van der Waals surface area contributed by atoms with Gasteiger partial charge in [-0.3, -0.25) is 9.59 Å². The molecule has 2 atom stereocenters. The SMILES string of the molecule is Cc1ccc(Nc2cccc(C(=O)NCC(=O)N3C[C@H](OC(F)F)C[C@H]3C(=O)O)c2)c(F)c1. The number of nitrogens with zero attached hydrogens (tertiary/aromatic N) is 1. The lowest BCUT2D eigenvalue weighted by Crippen LogP contribution is -2.45. The highest BCUT2D eigenvalue weighted by atomic mass is 19.3. The maximum absolute atomic E-state index is 14.1. The quantitative estimate of drug-likeness (QED) is 0.554.